The molecule has 0 saturated carbocycles. The molecule has 0 aromatic heterocycles. The van der Waals surface area contributed by atoms with Gasteiger partial charge < -0.3 is 26.8 Å². The highest BCUT2D eigenvalue weighted by Crippen LogP contribution is 1.97. The van der Waals surface area contributed by atoms with Crippen LogP contribution in [0.15, 0.2) is 0 Å². The Hall–Kier alpha value is -1.84. The predicted octanol–water partition coefficient (Wildman–Crippen LogP) is -1.67. The average Bonchev–Trinajstić information content (AvgIpc) is 2.38. The minimum Gasteiger partial charge on any atom is -0.480 e. The predicted molar refractivity (Wildman–Crippen MR) is 75.5 cm³/mol. The molecule has 1 atom stereocenters. The van der Waals surface area contributed by atoms with Gasteiger partial charge in [-0.3, -0.25) is 15.0 Å². The minimum absolute atomic E-state index is 0.0688. The topological polar surface area (TPSA) is 157 Å². The average molecular weight is 352 g/mol. The monoisotopic (exact) mass is 351 g/mol. The number of halogens is 1. The summed E-state index contributed by atoms with van der Waals surface area (Å²) >= 11 is 2.92. The van der Waals surface area contributed by atoms with E-state index in [1.54, 1.807) is 0 Å². The number of carboxylic acids is 1. The molecule has 114 valence electrons. The molecule has 0 unspecified atom stereocenters. The SMILES string of the molecule is N=C(N)NCCC[C@H](NC(=O)CNC(=O)CBr)C(=O)O. The van der Waals surface area contributed by atoms with E-state index < -0.39 is 17.9 Å². The second-order valence-electron chi connectivity index (χ2n) is 3.85. The number of carboxylic acid groups (broad SMARTS) is 1. The lowest BCUT2D eigenvalue weighted by Gasteiger charge is -2.14. The highest BCUT2D eigenvalue weighted by Gasteiger charge is 2.19. The summed E-state index contributed by atoms with van der Waals surface area (Å²) in [7, 11) is 0. The third kappa shape index (κ3) is 9.14. The summed E-state index contributed by atoms with van der Waals surface area (Å²) < 4.78 is 0. The van der Waals surface area contributed by atoms with Crippen molar-refractivity contribution in [3.8, 4) is 0 Å². The lowest BCUT2D eigenvalue weighted by Crippen LogP contribution is -2.46. The summed E-state index contributed by atoms with van der Waals surface area (Å²) in [6, 6.07) is -1.04. The van der Waals surface area contributed by atoms with Crippen molar-refractivity contribution in [2.45, 2.75) is 18.9 Å². The number of guanidine groups is 1. The van der Waals surface area contributed by atoms with Crippen LogP contribution in [0.25, 0.3) is 0 Å². The smallest absolute Gasteiger partial charge is 0.326 e. The second-order valence-corrected chi connectivity index (χ2v) is 4.41. The van der Waals surface area contributed by atoms with Crippen LogP contribution in [-0.4, -0.2) is 53.3 Å². The van der Waals surface area contributed by atoms with Gasteiger partial charge >= 0.3 is 5.97 Å². The Morgan fingerprint density at radius 2 is 1.90 bits per heavy atom. The Morgan fingerprint density at radius 1 is 1.25 bits per heavy atom. The third-order valence-corrected chi connectivity index (χ3v) is 2.70. The van der Waals surface area contributed by atoms with Crippen molar-refractivity contribution in [2.24, 2.45) is 5.73 Å². The molecule has 0 spiro atoms. The van der Waals surface area contributed by atoms with Crippen LogP contribution in [0.4, 0.5) is 0 Å². The van der Waals surface area contributed by atoms with E-state index in [9.17, 15) is 14.4 Å². The summed E-state index contributed by atoms with van der Waals surface area (Å²) in [6.45, 7) is 0.0647. The normalized spacial score (nSPS) is 11.2. The first kappa shape index (κ1) is 18.2. The van der Waals surface area contributed by atoms with E-state index in [4.69, 9.17) is 16.2 Å². The number of carbonyl (C=O) groups is 3. The maximum Gasteiger partial charge on any atom is 0.326 e. The number of aliphatic carboxylic acids is 1. The van der Waals surface area contributed by atoms with Crippen LogP contribution in [0.3, 0.4) is 0 Å². The van der Waals surface area contributed by atoms with Crippen LogP contribution in [0, 0.1) is 5.41 Å². The molecule has 0 aliphatic carbocycles. The Morgan fingerprint density at radius 3 is 2.40 bits per heavy atom. The molecule has 0 radical (unpaired) electrons. The highest BCUT2D eigenvalue weighted by molar-refractivity contribution is 9.09. The molecule has 2 amide bonds. The van der Waals surface area contributed by atoms with Crippen molar-refractivity contribution < 1.29 is 19.5 Å². The molecule has 0 rings (SSSR count). The molecule has 0 fully saturated rings. The molecular formula is C10H18BrN5O4. The molecule has 10 heteroatoms. The summed E-state index contributed by atoms with van der Waals surface area (Å²) in [6.07, 6.45) is 0.609. The van der Waals surface area contributed by atoms with Gasteiger partial charge in [-0.05, 0) is 12.8 Å². The standard InChI is InChI=1S/C10H18BrN5O4/c11-4-7(17)15-5-8(18)16-6(9(19)20)2-1-3-14-10(12)13/h6H,1-5H2,(H,15,17)(H,16,18)(H,19,20)(H4,12,13,14)/t6-/m0/s1. The molecule has 0 aliphatic rings. The fourth-order valence-corrected chi connectivity index (χ4v) is 1.46. The number of hydrogen-bond donors (Lipinski definition) is 6. The van der Waals surface area contributed by atoms with Gasteiger partial charge in [-0.25, -0.2) is 4.79 Å². The molecular weight excluding hydrogens is 334 g/mol. The van der Waals surface area contributed by atoms with Gasteiger partial charge in [0.2, 0.25) is 11.8 Å². The lowest BCUT2D eigenvalue weighted by atomic mass is 10.1. The number of carbonyl (C=O) groups excluding carboxylic acids is 2. The zero-order chi connectivity index (χ0) is 15.5. The number of rotatable bonds is 9. The summed E-state index contributed by atoms with van der Waals surface area (Å²) in [5.74, 6) is -2.30. The van der Waals surface area contributed by atoms with Crippen LogP contribution < -0.4 is 21.7 Å². The number of hydrogen-bond acceptors (Lipinski definition) is 4. The lowest BCUT2D eigenvalue weighted by molar-refractivity contribution is -0.141. The molecule has 0 bridgehead atoms. The van der Waals surface area contributed by atoms with Gasteiger partial charge in [-0.2, -0.15) is 0 Å². The second kappa shape index (κ2) is 10.0. The molecule has 7 N–H and O–H groups in total. The Bertz CT molecular complexity index is 377. The minimum atomic E-state index is -1.16. The van der Waals surface area contributed by atoms with E-state index in [-0.39, 0.29) is 30.2 Å². The Balaban J connectivity index is 4.06. The van der Waals surface area contributed by atoms with Crippen LogP contribution in [0.5, 0.6) is 0 Å². The summed E-state index contributed by atoms with van der Waals surface area (Å²) in [5, 5.41) is 23.1. The van der Waals surface area contributed by atoms with Crippen molar-refractivity contribution in [2.75, 3.05) is 18.4 Å². The van der Waals surface area contributed by atoms with E-state index in [0.29, 0.717) is 13.0 Å². The van der Waals surface area contributed by atoms with Crippen LogP contribution >= 0.6 is 15.9 Å². The van der Waals surface area contributed by atoms with Gasteiger partial charge in [0, 0.05) is 6.54 Å². The van der Waals surface area contributed by atoms with Gasteiger partial charge in [-0.15, -0.1) is 0 Å². The van der Waals surface area contributed by atoms with Crippen molar-refractivity contribution in [3.63, 3.8) is 0 Å². The van der Waals surface area contributed by atoms with Crippen molar-refractivity contribution in [1.29, 1.82) is 5.41 Å². The first-order valence-electron chi connectivity index (χ1n) is 5.79. The third-order valence-electron chi connectivity index (χ3n) is 2.19. The van der Waals surface area contributed by atoms with E-state index in [1.807, 2.05) is 0 Å². The molecule has 20 heavy (non-hydrogen) atoms. The van der Waals surface area contributed by atoms with Crippen LogP contribution in [-0.2, 0) is 14.4 Å². The number of alkyl halides is 1. The summed E-state index contributed by atoms with van der Waals surface area (Å²) in [5.41, 5.74) is 5.07. The molecule has 0 aromatic rings. The molecule has 0 heterocycles. The van der Waals surface area contributed by atoms with E-state index in [2.05, 4.69) is 31.9 Å². The van der Waals surface area contributed by atoms with E-state index in [1.165, 1.54) is 0 Å². The van der Waals surface area contributed by atoms with Crippen LogP contribution in [0.2, 0.25) is 0 Å². The number of nitrogens with two attached hydrogens (primary N) is 1. The highest BCUT2D eigenvalue weighted by atomic mass is 79.9. The number of nitrogens with one attached hydrogen (secondary N) is 4. The van der Waals surface area contributed by atoms with E-state index >= 15 is 0 Å². The fraction of sp³-hybridized carbons (Fsp3) is 0.600. The zero-order valence-electron chi connectivity index (χ0n) is 10.7. The van der Waals surface area contributed by atoms with Gasteiger partial charge in [-0.1, -0.05) is 15.9 Å². The Labute approximate surface area is 124 Å². The molecule has 0 aromatic carbocycles. The summed E-state index contributed by atoms with van der Waals surface area (Å²) in [4.78, 5) is 33.3. The van der Waals surface area contributed by atoms with E-state index in [0.717, 1.165) is 0 Å². The molecule has 9 nitrogen and oxygen atoms in total. The van der Waals surface area contributed by atoms with Crippen molar-refractivity contribution >= 4 is 39.7 Å². The molecule has 0 aliphatic heterocycles. The van der Waals surface area contributed by atoms with Crippen LogP contribution in [0.1, 0.15) is 12.8 Å². The first-order valence-corrected chi connectivity index (χ1v) is 6.91. The maximum absolute atomic E-state index is 11.4. The van der Waals surface area contributed by atoms with Gasteiger partial charge in [0.15, 0.2) is 5.96 Å². The molecule has 0 saturated heterocycles. The largest absolute Gasteiger partial charge is 0.480 e. The quantitative estimate of drug-likeness (QED) is 0.126. The zero-order valence-corrected chi connectivity index (χ0v) is 12.3. The Kier molecular flexibility index (Phi) is 9.09. The van der Waals surface area contributed by atoms with Gasteiger partial charge in [0.1, 0.15) is 6.04 Å². The van der Waals surface area contributed by atoms with Gasteiger partial charge in [0.25, 0.3) is 0 Å². The fourth-order valence-electron chi connectivity index (χ4n) is 1.26. The van der Waals surface area contributed by atoms with Gasteiger partial charge in [0.05, 0.1) is 11.9 Å². The first-order chi connectivity index (χ1) is 9.36. The van der Waals surface area contributed by atoms with Crippen molar-refractivity contribution in [1.82, 2.24) is 16.0 Å². The van der Waals surface area contributed by atoms with Crippen molar-refractivity contribution in [3.05, 3.63) is 0 Å². The number of amides is 2. The maximum atomic E-state index is 11.4.